The van der Waals surface area contributed by atoms with Crippen molar-refractivity contribution in [3.63, 3.8) is 0 Å². The number of nitrogens with zero attached hydrogens (tertiary/aromatic N) is 1. The second kappa shape index (κ2) is 15.1. The highest BCUT2D eigenvalue weighted by Gasteiger charge is 2.30. The van der Waals surface area contributed by atoms with E-state index in [4.69, 9.17) is 9.15 Å². The lowest BCUT2D eigenvalue weighted by Crippen LogP contribution is -2.46. The number of rotatable bonds is 14. The summed E-state index contributed by atoms with van der Waals surface area (Å²) in [6, 6.07) is 30.2. The Morgan fingerprint density at radius 2 is 1.45 bits per heavy atom. The molecule has 10 nitrogen and oxygen atoms in total. The number of hydrogen-bond acceptors (Lipinski definition) is 7. The molecule has 4 aromatic carbocycles. The fraction of sp³-hybridized carbons (Fsp3) is 0.250. The van der Waals surface area contributed by atoms with E-state index in [1.165, 1.54) is 17.0 Å². The molecule has 5 rings (SSSR count). The number of para-hydroxylation sites is 1. The second-order valence-corrected chi connectivity index (χ2v) is 13.4. The molecule has 244 valence electrons. The number of sulfonamides is 1. The number of alkyl carbamates (subject to hydrolysis) is 1. The number of amides is 2. The third-order valence-corrected chi connectivity index (χ3v) is 8.90. The molecule has 0 aliphatic rings. The van der Waals surface area contributed by atoms with E-state index in [2.05, 4.69) is 10.0 Å². The van der Waals surface area contributed by atoms with Gasteiger partial charge in [-0.25, -0.2) is 17.9 Å². The Labute approximate surface area is 273 Å². The van der Waals surface area contributed by atoms with E-state index < -0.39 is 47.0 Å². The van der Waals surface area contributed by atoms with E-state index in [0.717, 1.165) is 16.5 Å². The van der Waals surface area contributed by atoms with E-state index in [1.807, 2.05) is 92.7 Å². The van der Waals surface area contributed by atoms with Crippen LogP contribution in [0, 0.1) is 5.92 Å². The predicted molar refractivity (Wildman–Crippen MR) is 179 cm³/mol. The standard InChI is InChI=1S/C36H37N3O7S/c1-25(2)19-34(46-36(42)37-21-26-11-5-3-6-12-26)35(41)39(23-27-13-7-4-8-14-27)24-28(40)22-38-47(43,44)29-17-18-33-31(20-29)30-15-9-10-16-32(30)45-33/h3-18,20,25,34,38H,19,21-24H2,1-2H3,(H,37,42)/t34-/m0/s1. The minimum Gasteiger partial charge on any atom is -0.456 e. The maximum absolute atomic E-state index is 13.9. The van der Waals surface area contributed by atoms with E-state index >= 15 is 0 Å². The topological polar surface area (TPSA) is 135 Å². The normalized spacial score (nSPS) is 12.2. The fourth-order valence-corrected chi connectivity index (χ4v) is 6.23. The minimum absolute atomic E-state index is 0.00311. The summed E-state index contributed by atoms with van der Waals surface area (Å²) in [6.07, 6.45) is -1.68. The number of ether oxygens (including phenoxy) is 1. The first kappa shape index (κ1) is 33.4. The van der Waals surface area contributed by atoms with Crippen LogP contribution in [0.2, 0.25) is 0 Å². The number of benzene rings is 4. The molecule has 11 heteroatoms. The largest absolute Gasteiger partial charge is 0.456 e. The molecule has 2 amide bonds. The number of fused-ring (bicyclic) bond motifs is 3. The van der Waals surface area contributed by atoms with Crippen LogP contribution in [-0.4, -0.2) is 50.3 Å². The molecular formula is C36H37N3O7S. The molecule has 5 aromatic rings. The average Bonchev–Trinajstić information content (AvgIpc) is 3.44. The molecule has 0 saturated carbocycles. The van der Waals surface area contributed by atoms with Gasteiger partial charge in [-0.2, -0.15) is 0 Å². The highest BCUT2D eigenvalue weighted by atomic mass is 32.2. The Bertz CT molecular complexity index is 1960. The van der Waals surface area contributed by atoms with Crippen LogP contribution in [0.1, 0.15) is 31.4 Å². The van der Waals surface area contributed by atoms with Crippen LogP contribution in [0.25, 0.3) is 21.9 Å². The van der Waals surface area contributed by atoms with Gasteiger partial charge < -0.3 is 19.4 Å². The molecule has 47 heavy (non-hydrogen) atoms. The summed E-state index contributed by atoms with van der Waals surface area (Å²) in [4.78, 5) is 41.1. The van der Waals surface area contributed by atoms with E-state index in [-0.39, 0.29) is 30.3 Å². The number of nitrogens with one attached hydrogen (secondary N) is 2. The summed E-state index contributed by atoms with van der Waals surface area (Å²) in [6.45, 7) is 3.14. The maximum atomic E-state index is 13.9. The Hall–Kier alpha value is -5.00. The van der Waals surface area contributed by atoms with Crippen LogP contribution in [0.4, 0.5) is 4.79 Å². The minimum atomic E-state index is -4.08. The van der Waals surface area contributed by atoms with Gasteiger partial charge >= 0.3 is 6.09 Å². The molecular weight excluding hydrogens is 618 g/mol. The molecule has 0 aliphatic carbocycles. The van der Waals surface area contributed by atoms with Crippen molar-refractivity contribution >= 4 is 49.7 Å². The van der Waals surface area contributed by atoms with Crippen LogP contribution in [-0.2, 0) is 37.4 Å². The Balaban J connectivity index is 1.28. The van der Waals surface area contributed by atoms with E-state index in [1.54, 1.807) is 12.1 Å². The van der Waals surface area contributed by atoms with E-state index in [9.17, 15) is 22.8 Å². The molecule has 0 saturated heterocycles. The van der Waals surface area contributed by atoms with Gasteiger partial charge in [0.1, 0.15) is 11.2 Å². The van der Waals surface area contributed by atoms with Crippen molar-refractivity contribution in [2.75, 3.05) is 13.1 Å². The van der Waals surface area contributed by atoms with Crippen LogP contribution >= 0.6 is 0 Å². The summed E-state index contributed by atoms with van der Waals surface area (Å²) in [5, 5.41) is 4.09. The summed E-state index contributed by atoms with van der Waals surface area (Å²) >= 11 is 0. The molecule has 0 aliphatic heterocycles. The van der Waals surface area contributed by atoms with E-state index in [0.29, 0.717) is 16.6 Å². The predicted octanol–water partition coefficient (Wildman–Crippen LogP) is 5.80. The lowest BCUT2D eigenvalue weighted by Gasteiger charge is -2.28. The molecule has 1 heterocycles. The number of Topliss-reactive ketones (excluding diaryl/α,β-unsaturated/α-hetero) is 1. The van der Waals surface area contributed by atoms with Gasteiger partial charge in [0.25, 0.3) is 5.91 Å². The number of carbonyl (C=O) groups is 3. The Morgan fingerprint density at radius 1 is 0.809 bits per heavy atom. The first-order valence-electron chi connectivity index (χ1n) is 15.3. The summed E-state index contributed by atoms with van der Waals surface area (Å²) in [7, 11) is -4.08. The zero-order valence-electron chi connectivity index (χ0n) is 26.2. The lowest BCUT2D eigenvalue weighted by atomic mass is 10.0. The van der Waals surface area contributed by atoms with Crippen LogP contribution < -0.4 is 10.0 Å². The molecule has 1 atom stereocenters. The molecule has 1 aromatic heterocycles. The third kappa shape index (κ3) is 8.84. The van der Waals surface area contributed by atoms with Gasteiger partial charge in [-0.15, -0.1) is 0 Å². The lowest BCUT2D eigenvalue weighted by molar-refractivity contribution is -0.144. The van der Waals surface area contributed by atoms with Gasteiger partial charge in [0, 0.05) is 23.9 Å². The molecule has 0 bridgehead atoms. The van der Waals surface area contributed by atoms with Crippen molar-refractivity contribution in [3.05, 3.63) is 114 Å². The number of hydrogen-bond donors (Lipinski definition) is 2. The van der Waals surface area contributed by atoms with Gasteiger partial charge in [-0.05, 0) is 47.7 Å². The van der Waals surface area contributed by atoms with Gasteiger partial charge in [0.05, 0.1) is 18.0 Å². The van der Waals surface area contributed by atoms with Crippen molar-refractivity contribution in [1.29, 1.82) is 0 Å². The SMILES string of the molecule is CC(C)C[C@H](OC(=O)NCc1ccccc1)C(=O)N(CC(=O)CNS(=O)(=O)c1ccc2oc3ccccc3c2c1)Cc1ccccc1. The van der Waals surface area contributed by atoms with Crippen molar-refractivity contribution in [1.82, 2.24) is 14.9 Å². The first-order valence-corrected chi connectivity index (χ1v) is 16.8. The van der Waals surface area contributed by atoms with Crippen molar-refractivity contribution < 1.29 is 32.0 Å². The monoisotopic (exact) mass is 655 g/mol. The number of furan rings is 1. The third-order valence-electron chi connectivity index (χ3n) is 7.50. The van der Waals surface area contributed by atoms with Crippen LogP contribution in [0.3, 0.4) is 0 Å². The zero-order chi connectivity index (χ0) is 33.4. The fourth-order valence-electron chi connectivity index (χ4n) is 5.19. The van der Waals surface area contributed by atoms with Gasteiger partial charge in [0.2, 0.25) is 10.0 Å². The van der Waals surface area contributed by atoms with Crippen LogP contribution in [0.5, 0.6) is 0 Å². The van der Waals surface area contributed by atoms with Gasteiger partial charge in [0.15, 0.2) is 11.9 Å². The molecule has 0 unspecified atom stereocenters. The van der Waals surface area contributed by atoms with Crippen molar-refractivity contribution in [3.8, 4) is 0 Å². The quantitative estimate of drug-likeness (QED) is 0.154. The second-order valence-electron chi connectivity index (χ2n) is 11.7. The highest BCUT2D eigenvalue weighted by Crippen LogP contribution is 2.30. The number of ketones is 1. The molecule has 0 radical (unpaired) electrons. The first-order chi connectivity index (χ1) is 22.6. The molecule has 0 spiro atoms. The van der Waals surface area contributed by atoms with Gasteiger partial charge in [-0.3, -0.25) is 9.59 Å². The summed E-state index contributed by atoms with van der Waals surface area (Å²) in [5.74, 6) is -1.09. The van der Waals surface area contributed by atoms with Crippen LogP contribution in [0.15, 0.2) is 112 Å². The van der Waals surface area contributed by atoms with Gasteiger partial charge in [-0.1, -0.05) is 92.7 Å². The average molecular weight is 656 g/mol. The zero-order valence-corrected chi connectivity index (χ0v) is 27.0. The Kier molecular flexibility index (Phi) is 10.7. The molecule has 2 N–H and O–H groups in total. The van der Waals surface area contributed by atoms with Crippen molar-refractivity contribution in [2.45, 2.75) is 44.4 Å². The Morgan fingerprint density at radius 3 is 2.15 bits per heavy atom. The summed E-state index contributed by atoms with van der Waals surface area (Å²) in [5.41, 5.74) is 2.81. The smallest absolute Gasteiger partial charge is 0.408 e. The summed E-state index contributed by atoms with van der Waals surface area (Å²) < 4.78 is 40.2. The number of carbonyl (C=O) groups excluding carboxylic acids is 3. The maximum Gasteiger partial charge on any atom is 0.408 e. The molecule has 0 fully saturated rings. The highest BCUT2D eigenvalue weighted by molar-refractivity contribution is 7.89. The van der Waals surface area contributed by atoms with Crippen molar-refractivity contribution in [2.24, 2.45) is 5.92 Å².